The predicted octanol–water partition coefficient (Wildman–Crippen LogP) is 3.89. The van der Waals surface area contributed by atoms with Crippen LogP contribution >= 0.6 is 11.6 Å². The van der Waals surface area contributed by atoms with E-state index in [0.717, 1.165) is 6.07 Å². The van der Waals surface area contributed by atoms with Crippen LogP contribution in [0.4, 0.5) is 8.78 Å². The van der Waals surface area contributed by atoms with Gasteiger partial charge in [-0.2, -0.15) is 0 Å². The highest BCUT2D eigenvalue weighted by Gasteiger charge is 2.13. The average Bonchev–Trinajstić information content (AvgIpc) is 2.35. The van der Waals surface area contributed by atoms with E-state index in [4.69, 9.17) is 11.6 Å². The van der Waals surface area contributed by atoms with Crippen LogP contribution in [-0.2, 0) is 6.42 Å². The number of benzene rings is 2. The lowest BCUT2D eigenvalue weighted by Gasteiger charge is -2.12. The summed E-state index contributed by atoms with van der Waals surface area (Å²) in [5.41, 5.74) is 0.764. The molecule has 2 aromatic carbocycles. The summed E-state index contributed by atoms with van der Waals surface area (Å²) in [5.74, 6) is -0.979. The van der Waals surface area contributed by atoms with Crippen molar-refractivity contribution in [2.24, 2.45) is 0 Å². The number of rotatable bonds is 3. The lowest BCUT2D eigenvalue weighted by atomic mass is 10.0. The second kappa shape index (κ2) is 5.46. The molecule has 0 aliphatic carbocycles. The first-order valence-corrected chi connectivity index (χ1v) is 5.82. The summed E-state index contributed by atoms with van der Waals surface area (Å²) in [7, 11) is 0. The molecular weight excluding hydrogens is 258 g/mol. The van der Waals surface area contributed by atoms with Crippen LogP contribution in [0, 0.1) is 11.6 Å². The third-order valence-corrected chi connectivity index (χ3v) is 3.01. The molecule has 0 bridgehead atoms. The Morgan fingerprint density at radius 2 is 1.78 bits per heavy atom. The Labute approximate surface area is 109 Å². The molecule has 0 heterocycles. The lowest BCUT2D eigenvalue weighted by Crippen LogP contribution is -2.04. The van der Waals surface area contributed by atoms with Gasteiger partial charge in [0.2, 0.25) is 0 Å². The standard InChI is InChI=1S/C14H11ClF2O/c15-11-6-5-10(7-13(11)17)14(18)8-9-3-1-2-4-12(9)16/h1-7,14,18H,8H2. The van der Waals surface area contributed by atoms with Gasteiger partial charge in [-0.3, -0.25) is 0 Å². The molecule has 0 spiro atoms. The second-order valence-electron chi connectivity index (χ2n) is 3.98. The van der Waals surface area contributed by atoms with Gasteiger partial charge < -0.3 is 5.11 Å². The van der Waals surface area contributed by atoms with Crippen molar-refractivity contribution in [2.45, 2.75) is 12.5 Å². The van der Waals surface area contributed by atoms with Crippen molar-refractivity contribution in [3.05, 3.63) is 70.2 Å². The van der Waals surface area contributed by atoms with Crippen LogP contribution in [0.2, 0.25) is 5.02 Å². The van der Waals surface area contributed by atoms with Crippen LogP contribution in [0.5, 0.6) is 0 Å². The highest BCUT2D eigenvalue weighted by molar-refractivity contribution is 6.30. The summed E-state index contributed by atoms with van der Waals surface area (Å²) in [6.45, 7) is 0. The van der Waals surface area contributed by atoms with Crippen LogP contribution in [0.3, 0.4) is 0 Å². The van der Waals surface area contributed by atoms with Gasteiger partial charge in [0.05, 0.1) is 11.1 Å². The fraction of sp³-hybridized carbons (Fsp3) is 0.143. The molecule has 0 fully saturated rings. The highest BCUT2D eigenvalue weighted by Crippen LogP contribution is 2.23. The first-order valence-electron chi connectivity index (χ1n) is 5.44. The summed E-state index contributed by atoms with van der Waals surface area (Å²) in [4.78, 5) is 0. The normalized spacial score (nSPS) is 12.4. The maximum atomic E-state index is 13.4. The lowest BCUT2D eigenvalue weighted by molar-refractivity contribution is 0.176. The molecule has 0 amide bonds. The van der Waals surface area contributed by atoms with Crippen molar-refractivity contribution in [1.29, 1.82) is 0 Å². The molecule has 0 saturated carbocycles. The van der Waals surface area contributed by atoms with E-state index in [1.807, 2.05) is 0 Å². The quantitative estimate of drug-likeness (QED) is 0.895. The zero-order valence-electron chi connectivity index (χ0n) is 9.41. The third-order valence-electron chi connectivity index (χ3n) is 2.70. The first-order chi connectivity index (χ1) is 8.58. The topological polar surface area (TPSA) is 20.2 Å². The van der Waals surface area contributed by atoms with Crippen LogP contribution < -0.4 is 0 Å². The van der Waals surface area contributed by atoms with Gasteiger partial charge in [0.1, 0.15) is 11.6 Å². The van der Waals surface area contributed by atoms with E-state index < -0.39 is 11.9 Å². The van der Waals surface area contributed by atoms with Gasteiger partial charge in [0, 0.05) is 6.42 Å². The largest absolute Gasteiger partial charge is 0.388 e. The van der Waals surface area contributed by atoms with E-state index >= 15 is 0 Å². The predicted molar refractivity (Wildman–Crippen MR) is 66.5 cm³/mol. The van der Waals surface area contributed by atoms with Crippen molar-refractivity contribution < 1.29 is 13.9 Å². The van der Waals surface area contributed by atoms with E-state index in [1.165, 1.54) is 18.2 Å². The monoisotopic (exact) mass is 268 g/mol. The van der Waals surface area contributed by atoms with Crippen molar-refractivity contribution in [1.82, 2.24) is 0 Å². The Hall–Kier alpha value is -1.45. The van der Waals surface area contributed by atoms with Crippen molar-refractivity contribution in [3.8, 4) is 0 Å². The van der Waals surface area contributed by atoms with Gasteiger partial charge in [-0.1, -0.05) is 35.9 Å². The molecule has 0 aromatic heterocycles. The smallest absolute Gasteiger partial charge is 0.142 e. The molecule has 1 nitrogen and oxygen atoms in total. The molecule has 2 rings (SSSR count). The van der Waals surface area contributed by atoms with Crippen molar-refractivity contribution in [3.63, 3.8) is 0 Å². The van der Waals surface area contributed by atoms with E-state index in [-0.39, 0.29) is 17.3 Å². The summed E-state index contributed by atoms with van der Waals surface area (Å²) in [6, 6.07) is 10.2. The minimum absolute atomic E-state index is 0.00292. The summed E-state index contributed by atoms with van der Waals surface area (Å²) >= 11 is 5.55. The van der Waals surface area contributed by atoms with Gasteiger partial charge in [-0.15, -0.1) is 0 Å². The molecule has 0 aliphatic rings. The molecule has 18 heavy (non-hydrogen) atoms. The molecule has 1 N–H and O–H groups in total. The minimum Gasteiger partial charge on any atom is -0.388 e. The Balaban J connectivity index is 2.19. The van der Waals surface area contributed by atoms with E-state index in [1.54, 1.807) is 18.2 Å². The van der Waals surface area contributed by atoms with Crippen LogP contribution in [0.25, 0.3) is 0 Å². The molecule has 4 heteroatoms. The van der Waals surface area contributed by atoms with Gasteiger partial charge in [0.25, 0.3) is 0 Å². The summed E-state index contributed by atoms with van der Waals surface area (Å²) in [5, 5.41) is 9.93. The van der Waals surface area contributed by atoms with Crippen LogP contribution in [-0.4, -0.2) is 5.11 Å². The number of hydrogen-bond acceptors (Lipinski definition) is 1. The fourth-order valence-corrected chi connectivity index (χ4v) is 1.83. The van der Waals surface area contributed by atoms with Crippen molar-refractivity contribution >= 4 is 11.6 Å². The maximum absolute atomic E-state index is 13.4. The second-order valence-corrected chi connectivity index (χ2v) is 4.39. The Morgan fingerprint density at radius 3 is 2.44 bits per heavy atom. The number of halogens is 3. The molecule has 1 atom stereocenters. The van der Waals surface area contributed by atoms with Gasteiger partial charge in [-0.25, -0.2) is 8.78 Å². The summed E-state index contributed by atoms with van der Waals surface area (Å²) < 4.78 is 26.6. The molecule has 1 unspecified atom stereocenters. The minimum atomic E-state index is -0.964. The Morgan fingerprint density at radius 1 is 1.06 bits per heavy atom. The third kappa shape index (κ3) is 2.86. The average molecular weight is 269 g/mol. The zero-order valence-corrected chi connectivity index (χ0v) is 10.2. The van der Waals surface area contributed by atoms with Gasteiger partial charge in [-0.05, 0) is 29.3 Å². The highest BCUT2D eigenvalue weighted by atomic mass is 35.5. The van der Waals surface area contributed by atoms with Crippen LogP contribution in [0.15, 0.2) is 42.5 Å². The van der Waals surface area contributed by atoms with E-state index in [9.17, 15) is 13.9 Å². The molecular formula is C14H11ClF2O. The SMILES string of the molecule is OC(Cc1ccccc1F)c1ccc(Cl)c(F)c1. The van der Waals surface area contributed by atoms with Gasteiger partial charge in [0.15, 0.2) is 0 Å². The number of hydrogen-bond donors (Lipinski definition) is 1. The number of aliphatic hydroxyl groups excluding tert-OH is 1. The van der Waals surface area contributed by atoms with E-state index in [0.29, 0.717) is 11.1 Å². The molecule has 0 saturated heterocycles. The molecule has 0 radical (unpaired) electrons. The van der Waals surface area contributed by atoms with Crippen molar-refractivity contribution in [2.75, 3.05) is 0 Å². The molecule has 94 valence electrons. The molecule has 0 aliphatic heterocycles. The maximum Gasteiger partial charge on any atom is 0.142 e. The number of aliphatic hydroxyl groups is 1. The summed E-state index contributed by atoms with van der Waals surface area (Å²) in [6.07, 6.45) is -0.873. The Kier molecular flexibility index (Phi) is 3.94. The first kappa shape index (κ1) is 13.0. The Bertz CT molecular complexity index is 557. The van der Waals surface area contributed by atoms with Gasteiger partial charge >= 0.3 is 0 Å². The zero-order chi connectivity index (χ0) is 13.1. The van der Waals surface area contributed by atoms with E-state index in [2.05, 4.69) is 0 Å². The molecule has 2 aromatic rings. The fourth-order valence-electron chi connectivity index (χ4n) is 1.71. The van der Waals surface area contributed by atoms with Crippen LogP contribution in [0.1, 0.15) is 17.2 Å².